The molecule has 0 aromatic heterocycles. The van der Waals surface area contributed by atoms with E-state index in [4.69, 9.17) is 56.8 Å². The lowest BCUT2D eigenvalue weighted by atomic mass is 9.93. The van der Waals surface area contributed by atoms with Gasteiger partial charge in [0.2, 0.25) is 17.7 Å². The van der Waals surface area contributed by atoms with Gasteiger partial charge < -0.3 is 170 Å². The van der Waals surface area contributed by atoms with Crippen LogP contribution >= 0.6 is 0 Å². The molecule has 37 nitrogen and oxygen atoms in total. The van der Waals surface area contributed by atoms with Crippen molar-refractivity contribution in [2.75, 3.05) is 39.6 Å². The minimum atomic E-state index is -2.37. The first-order chi connectivity index (χ1) is 40.0. The lowest BCUT2D eigenvalue weighted by molar-refractivity contribution is -0.381. The number of rotatable bonds is 24. The highest BCUT2D eigenvalue weighted by Gasteiger charge is 2.58. The molecule has 0 aliphatic carbocycles. The van der Waals surface area contributed by atoms with Crippen molar-refractivity contribution in [1.82, 2.24) is 16.0 Å². The fraction of sp³-hybridized carbons (Fsp3) is 0.938. The van der Waals surface area contributed by atoms with Crippen LogP contribution in [-0.2, 0) is 71.2 Å². The third-order valence-corrected chi connectivity index (χ3v) is 15.3. The summed E-state index contributed by atoms with van der Waals surface area (Å²) in [5, 5.41) is 213. The van der Waals surface area contributed by atoms with Crippen LogP contribution < -0.4 is 16.0 Å². The summed E-state index contributed by atoms with van der Waals surface area (Å²) in [6.45, 7) is -0.738. The monoisotopic (exact) mass is 1250 g/mol. The van der Waals surface area contributed by atoms with E-state index in [1.54, 1.807) is 0 Å². The molecule has 0 radical (unpaired) electrons. The largest absolute Gasteiger partial charge is 0.394 e. The second kappa shape index (κ2) is 31.3. The Bertz CT molecular complexity index is 2100. The van der Waals surface area contributed by atoms with Gasteiger partial charge in [-0.3, -0.25) is 14.4 Å². The van der Waals surface area contributed by atoms with Gasteiger partial charge in [-0.1, -0.05) is 0 Å². The van der Waals surface area contributed by atoms with Gasteiger partial charge in [-0.2, -0.15) is 0 Å². The van der Waals surface area contributed by atoms with Gasteiger partial charge in [-0.15, -0.1) is 0 Å². The first-order valence-electron chi connectivity index (χ1n) is 27.2. The van der Waals surface area contributed by atoms with Gasteiger partial charge in [0, 0.05) is 20.8 Å². The van der Waals surface area contributed by atoms with Crippen molar-refractivity contribution in [2.45, 2.75) is 243 Å². The van der Waals surface area contributed by atoms with Crippen molar-refractivity contribution in [3.8, 4) is 0 Å². The number of hydrogen-bond donors (Lipinski definition) is 22. The van der Waals surface area contributed by atoms with Crippen LogP contribution in [0.15, 0.2) is 0 Å². The van der Waals surface area contributed by atoms with Crippen LogP contribution in [0, 0.1) is 0 Å². The smallest absolute Gasteiger partial charge is 0.217 e. The third kappa shape index (κ3) is 16.4. The summed E-state index contributed by atoms with van der Waals surface area (Å²) in [6, 6.07) is -5.38. The number of aliphatic hydroxyl groups is 19. The number of carbonyl (C=O) groups is 3. The highest BCUT2D eigenvalue weighted by atomic mass is 16.8. The number of carbonyl (C=O) groups excluding carboxylic acids is 3. The summed E-state index contributed by atoms with van der Waals surface area (Å²) >= 11 is 0. The van der Waals surface area contributed by atoms with Crippen LogP contribution in [0.3, 0.4) is 0 Å². The van der Waals surface area contributed by atoms with Gasteiger partial charge in [0.05, 0.1) is 57.9 Å². The van der Waals surface area contributed by atoms with Crippen LogP contribution in [0.25, 0.3) is 0 Å². The van der Waals surface area contributed by atoms with Crippen molar-refractivity contribution in [1.29, 1.82) is 0 Å². The van der Waals surface area contributed by atoms with Crippen LogP contribution in [0.1, 0.15) is 34.6 Å². The molecule has 0 aromatic carbocycles. The van der Waals surface area contributed by atoms with Gasteiger partial charge in [-0.25, -0.2) is 0 Å². The maximum atomic E-state index is 13.1. The predicted molar refractivity (Wildman–Crippen MR) is 266 cm³/mol. The molecule has 0 saturated carbocycles. The second-order valence-electron chi connectivity index (χ2n) is 21.5. The van der Waals surface area contributed by atoms with E-state index in [1.165, 1.54) is 13.8 Å². The third-order valence-electron chi connectivity index (χ3n) is 15.3. The van der Waals surface area contributed by atoms with E-state index in [0.29, 0.717) is 0 Å². The fourth-order valence-corrected chi connectivity index (χ4v) is 10.6. The Balaban J connectivity index is 1.31. The summed E-state index contributed by atoms with van der Waals surface area (Å²) in [7, 11) is 0. The molecule has 6 fully saturated rings. The molecular weight excluding hydrogens is 1160 g/mol. The molecule has 6 heterocycles. The van der Waals surface area contributed by atoms with Crippen molar-refractivity contribution < 1.29 is 168 Å². The topological polar surface area (TPSA) is 582 Å². The van der Waals surface area contributed by atoms with E-state index in [9.17, 15) is 111 Å². The van der Waals surface area contributed by atoms with E-state index in [0.717, 1.165) is 20.8 Å². The summed E-state index contributed by atoms with van der Waals surface area (Å²) in [5.74, 6) is -2.65. The maximum Gasteiger partial charge on any atom is 0.217 e. The van der Waals surface area contributed by atoms with Crippen molar-refractivity contribution in [3.63, 3.8) is 0 Å². The number of ether oxygens (including phenoxy) is 12. The zero-order chi connectivity index (χ0) is 63.2. The molecule has 37 heteroatoms. The van der Waals surface area contributed by atoms with E-state index < -0.39 is 266 Å². The molecule has 6 aliphatic heterocycles. The average Bonchev–Trinajstić information content (AvgIpc) is 1.59. The molecule has 494 valence electrons. The van der Waals surface area contributed by atoms with E-state index in [1.807, 2.05) is 0 Å². The molecule has 0 bridgehead atoms. The Labute approximate surface area is 483 Å². The van der Waals surface area contributed by atoms with Crippen LogP contribution in [-0.4, -0.2) is 363 Å². The van der Waals surface area contributed by atoms with Crippen molar-refractivity contribution in [3.05, 3.63) is 0 Å². The highest BCUT2D eigenvalue weighted by molar-refractivity contribution is 5.74. The molecule has 6 rings (SSSR count). The Morgan fingerprint density at radius 2 is 0.824 bits per heavy atom. The van der Waals surface area contributed by atoms with Crippen molar-refractivity contribution in [2.24, 2.45) is 0 Å². The zero-order valence-corrected chi connectivity index (χ0v) is 46.5. The Morgan fingerprint density at radius 3 is 1.31 bits per heavy atom. The van der Waals surface area contributed by atoms with E-state index >= 15 is 0 Å². The number of hydrogen-bond acceptors (Lipinski definition) is 34. The lowest BCUT2D eigenvalue weighted by Crippen LogP contribution is -2.72. The molecule has 0 spiro atoms. The molecular formula is C48H83N3O34. The summed E-state index contributed by atoms with van der Waals surface area (Å²) in [4.78, 5) is 38.6. The van der Waals surface area contributed by atoms with E-state index in [-0.39, 0.29) is 0 Å². The predicted octanol–water partition coefficient (Wildman–Crippen LogP) is -14.2. The number of nitrogens with one attached hydrogen (secondary N) is 3. The first-order valence-corrected chi connectivity index (χ1v) is 27.2. The van der Waals surface area contributed by atoms with Crippen LogP contribution in [0.4, 0.5) is 0 Å². The van der Waals surface area contributed by atoms with Gasteiger partial charge >= 0.3 is 0 Å². The van der Waals surface area contributed by atoms with Crippen LogP contribution in [0.5, 0.6) is 0 Å². The summed E-state index contributed by atoms with van der Waals surface area (Å²) in [5.41, 5.74) is 0. The fourth-order valence-electron chi connectivity index (χ4n) is 10.6. The minimum Gasteiger partial charge on any atom is -0.394 e. The Kier molecular flexibility index (Phi) is 26.2. The molecule has 85 heavy (non-hydrogen) atoms. The van der Waals surface area contributed by atoms with Gasteiger partial charge in [0.1, 0.15) is 152 Å². The van der Waals surface area contributed by atoms with Gasteiger partial charge in [0.15, 0.2) is 37.7 Å². The Hall–Kier alpha value is -2.83. The van der Waals surface area contributed by atoms with Gasteiger partial charge in [-0.05, 0) is 13.8 Å². The van der Waals surface area contributed by atoms with Crippen molar-refractivity contribution >= 4 is 17.7 Å². The minimum absolute atomic E-state index is 0.851. The summed E-state index contributed by atoms with van der Waals surface area (Å²) in [6.07, 6.45) is -59.1. The zero-order valence-electron chi connectivity index (χ0n) is 46.5. The molecule has 6 saturated heterocycles. The molecule has 3 amide bonds. The lowest BCUT2D eigenvalue weighted by Gasteiger charge is -2.52. The molecule has 34 atom stereocenters. The normalized spacial score (nSPS) is 45.9. The molecule has 0 unspecified atom stereocenters. The van der Waals surface area contributed by atoms with Gasteiger partial charge in [0.25, 0.3) is 0 Å². The van der Waals surface area contributed by atoms with Crippen LogP contribution in [0.2, 0.25) is 0 Å². The summed E-state index contributed by atoms with van der Waals surface area (Å²) < 4.78 is 70.5. The standard InChI is InChI=1S/C48H83N3O34/c1-12-25(61)31(67)35(71)45(75-12)84-41-24(51-16(5)59)44(80-22(10-56)39(41)82-47-37(73)33(69)28(64)19(7-53)78-47)83-40-23(50-15(4)58)43(77-21(9-55)30(40)66)74-11-18(60)27(63)38(17(6-52)49-14(3)57)81-48-42(34(70)29(65)20(8-54)79-48)85-46-36(72)32(68)26(62)13(2)76-46/h12-13,17-48,52-56,60-73H,6-11H2,1-5H3,(H,49,57)(H,50,58)(H,51,59)/t12-,13-,17+,18-,19-,20-,21-,22-,23-,24-,25+,26+,27+,28+,29+,30-,31+,32+,33+,34+,35-,36-,37-,38-,39-,40-,41-,42-,43-,44+,45-,46-,47+,48+/m1/s1. The highest BCUT2D eigenvalue weighted by Crippen LogP contribution is 2.37. The molecule has 6 aliphatic rings. The van der Waals surface area contributed by atoms with E-state index in [2.05, 4.69) is 16.0 Å². The quantitative estimate of drug-likeness (QED) is 0.0427. The first kappa shape index (κ1) is 71.2. The number of amides is 3. The maximum absolute atomic E-state index is 13.1. The molecule has 0 aromatic rings. The number of aliphatic hydroxyl groups excluding tert-OH is 19. The average molecular weight is 1250 g/mol. The SMILES string of the molecule is CC(=O)N[C@H]1[C@H](O[C@H]2[C@H](O)[C@@H](CO)O[C@@H](OC[C@@H](O)[C@H](O)[C@H](O[C@@H]3O[C@H](CO)[C@H](O)[C@H](O)[C@H]3O[C@H]3O[C@H](C)[C@H](O)[C@H](O)[C@H]3O)[C@H](CO)NC(C)=O)[C@@H]2NC(C)=O)O[C@H](CO)[C@@H](O[C@@H]2O[C@H](CO)[C@H](O)[C@H](O)[C@H]2O)[C@@H]1O[C@H]1O[C@H](C)[C@H](O)[C@H](O)[C@H]1O. The Morgan fingerprint density at radius 1 is 0.424 bits per heavy atom. The second-order valence-corrected chi connectivity index (χ2v) is 21.5. The molecule has 22 N–H and O–H groups in total.